The number of aromatic nitrogens is 1. The van der Waals surface area contributed by atoms with E-state index in [9.17, 15) is 4.79 Å². The van der Waals surface area contributed by atoms with Gasteiger partial charge in [-0.2, -0.15) is 0 Å². The smallest absolute Gasteiger partial charge is 0.293 e. The van der Waals surface area contributed by atoms with Gasteiger partial charge in [-0.3, -0.25) is 4.79 Å². The number of hydrogen-bond acceptors (Lipinski definition) is 4. The van der Waals surface area contributed by atoms with E-state index in [1.807, 2.05) is 31.3 Å². The monoisotopic (exact) mass is 295 g/mol. The van der Waals surface area contributed by atoms with E-state index in [0.29, 0.717) is 18.1 Å². The van der Waals surface area contributed by atoms with Crippen LogP contribution >= 0.6 is 12.4 Å². The Balaban J connectivity index is 0.00000200. The van der Waals surface area contributed by atoms with Crippen LogP contribution in [0.25, 0.3) is 0 Å². The van der Waals surface area contributed by atoms with E-state index < -0.39 is 0 Å². The summed E-state index contributed by atoms with van der Waals surface area (Å²) >= 11 is 0. The van der Waals surface area contributed by atoms with Gasteiger partial charge in [-0.05, 0) is 25.6 Å². The Morgan fingerprint density at radius 1 is 1.30 bits per heavy atom. The molecular weight excluding hydrogens is 278 g/mol. The van der Waals surface area contributed by atoms with Gasteiger partial charge in [0.05, 0.1) is 5.69 Å². The normalized spacial score (nSPS) is 9.95. The first-order chi connectivity index (χ1) is 9.11. The third kappa shape index (κ3) is 3.59. The Morgan fingerprint density at radius 2 is 2.00 bits per heavy atom. The fraction of sp³-hybridized carbons (Fsp3) is 0.286. The summed E-state index contributed by atoms with van der Waals surface area (Å²) in [5, 5.41) is 5.92. The zero-order valence-corrected chi connectivity index (χ0v) is 12.5. The van der Waals surface area contributed by atoms with E-state index in [1.54, 1.807) is 13.8 Å². The van der Waals surface area contributed by atoms with Crippen LogP contribution in [0.4, 0.5) is 5.69 Å². The molecule has 0 unspecified atom stereocenters. The fourth-order valence-corrected chi connectivity index (χ4v) is 1.91. The molecule has 0 atom stereocenters. The average molecular weight is 296 g/mol. The van der Waals surface area contributed by atoms with Gasteiger partial charge < -0.3 is 15.1 Å². The third-order valence-electron chi connectivity index (χ3n) is 2.74. The molecule has 108 valence electrons. The van der Waals surface area contributed by atoms with E-state index >= 15 is 0 Å². The van der Waals surface area contributed by atoms with Crippen LogP contribution in [0.1, 0.15) is 27.7 Å². The van der Waals surface area contributed by atoms with Crippen LogP contribution < -0.4 is 10.6 Å². The number of carbonyl (C=O) groups excluding carboxylic acids is 1. The minimum atomic E-state index is -0.276. The molecule has 1 heterocycles. The summed E-state index contributed by atoms with van der Waals surface area (Å²) in [5.74, 6) is 0.476. The predicted molar refractivity (Wildman–Crippen MR) is 80.4 cm³/mol. The highest BCUT2D eigenvalue weighted by Gasteiger charge is 2.16. The van der Waals surface area contributed by atoms with Gasteiger partial charge >= 0.3 is 0 Å². The number of benzene rings is 1. The van der Waals surface area contributed by atoms with Gasteiger partial charge in [-0.25, -0.2) is 4.98 Å². The maximum absolute atomic E-state index is 12.1. The van der Waals surface area contributed by atoms with E-state index in [-0.39, 0.29) is 24.1 Å². The SMILES string of the molecule is CNCc1ccccc1NC(=O)c1oc(C)nc1C.Cl. The van der Waals surface area contributed by atoms with Crippen LogP contribution in [0, 0.1) is 13.8 Å². The molecule has 1 amide bonds. The quantitative estimate of drug-likeness (QED) is 0.910. The van der Waals surface area contributed by atoms with Crippen molar-refractivity contribution in [2.75, 3.05) is 12.4 Å². The van der Waals surface area contributed by atoms with Crippen LogP contribution in [0.3, 0.4) is 0 Å². The molecule has 0 aliphatic rings. The number of nitrogens with one attached hydrogen (secondary N) is 2. The number of nitrogens with zero attached hydrogens (tertiary/aromatic N) is 1. The largest absolute Gasteiger partial charge is 0.436 e. The van der Waals surface area contributed by atoms with Gasteiger partial charge in [0.2, 0.25) is 5.76 Å². The highest BCUT2D eigenvalue weighted by atomic mass is 35.5. The number of aryl methyl sites for hydroxylation is 2. The van der Waals surface area contributed by atoms with E-state index in [1.165, 1.54) is 0 Å². The molecule has 2 N–H and O–H groups in total. The van der Waals surface area contributed by atoms with Gasteiger partial charge in [0.1, 0.15) is 0 Å². The Bertz CT molecular complexity index is 596. The van der Waals surface area contributed by atoms with Gasteiger partial charge in [-0.1, -0.05) is 18.2 Å². The molecule has 0 saturated carbocycles. The third-order valence-corrected chi connectivity index (χ3v) is 2.74. The molecule has 0 aliphatic heterocycles. The number of hydrogen-bond donors (Lipinski definition) is 2. The van der Waals surface area contributed by atoms with Crippen LogP contribution in [-0.2, 0) is 6.54 Å². The minimum absolute atomic E-state index is 0. The maximum Gasteiger partial charge on any atom is 0.293 e. The van der Waals surface area contributed by atoms with Crippen molar-refractivity contribution in [3.8, 4) is 0 Å². The van der Waals surface area contributed by atoms with Crippen LogP contribution in [0.15, 0.2) is 28.7 Å². The van der Waals surface area contributed by atoms with Gasteiger partial charge in [0.25, 0.3) is 5.91 Å². The topological polar surface area (TPSA) is 67.2 Å². The molecular formula is C14H18ClN3O2. The summed E-state index contributed by atoms with van der Waals surface area (Å²) in [6.45, 7) is 4.16. The highest BCUT2D eigenvalue weighted by molar-refractivity contribution is 6.03. The lowest BCUT2D eigenvalue weighted by atomic mass is 10.1. The molecule has 0 spiro atoms. The lowest BCUT2D eigenvalue weighted by Crippen LogP contribution is -2.15. The summed E-state index contributed by atoms with van der Waals surface area (Å²) < 4.78 is 5.31. The molecule has 5 nitrogen and oxygen atoms in total. The molecule has 6 heteroatoms. The standard InChI is InChI=1S/C14H17N3O2.ClH/c1-9-13(19-10(2)16-9)14(18)17-12-7-5-4-6-11(12)8-15-3;/h4-7,15H,8H2,1-3H3,(H,17,18);1H. The molecule has 0 radical (unpaired) electrons. The second-order valence-corrected chi connectivity index (χ2v) is 4.29. The Labute approximate surface area is 124 Å². The van der Waals surface area contributed by atoms with Crippen molar-refractivity contribution in [3.05, 3.63) is 47.2 Å². The van der Waals surface area contributed by atoms with Crippen molar-refractivity contribution in [1.29, 1.82) is 0 Å². The second-order valence-electron chi connectivity index (χ2n) is 4.29. The summed E-state index contributed by atoms with van der Waals surface area (Å²) in [6.07, 6.45) is 0. The predicted octanol–water partition coefficient (Wildman–Crippen LogP) is 2.68. The molecule has 2 aromatic rings. The Morgan fingerprint density at radius 3 is 2.60 bits per heavy atom. The molecule has 0 bridgehead atoms. The summed E-state index contributed by atoms with van der Waals surface area (Å²) in [4.78, 5) is 16.2. The lowest BCUT2D eigenvalue weighted by Gasteiger charge is -2.09. The average Bonchev–Trinajstić information content (AvgIpc) is 2.71. The number of carbonyl (C=O) groups is 1. The number of para-hydroxylation sites is 1. The first-order valence-corrected chi connectivity index (χ1v) is 6.09. The molecule has 20 heavy (non-hydrogen) atoms. The van der Waals surface area contributed by atoms with E-state index in [4.69, 9.17) is 4.42 Å². The van der Waals surface area contributed by atoms with Gasteiger partial charge in [0, 0.05) is 19.2 Å². The minimum Gasteiger partial charge on any atom is -0.436 e. The number of rotatable bonds is 4. The highest BCUT2D eigenvalue weighted by Crippen LogP contribution is 2.17. The lowest BCUT2D eigenvalue weighted by molar-refractivity contribution is 0.0994. The maximum atomic E-state index is 12.1. The Kier molecular flexibility index (Phi) is 5.73. The zero-order chi connectivity index (χ0) is 13.8. The molecule has 2 rings (SSSR count). The van der Waals surface area contributed by atoms with Crippen molar-refractivity contribution in [2.45, 2.75) is 20.4 Å². The van der Waals surface area contributed by atoms with Gasteiger partial charge in [-0.15, -0.1) is 12.4 Å². The van der Waals surface area contributed by atoms with Crippen molar-refractivity contribution in [2.24, 2.45) is 0 Å². The first-order valence-electron chi connectivity index (χ1n) is 6.09. The molecule has 1 aromatic carbocycles. The second kappa shape index (κ2) is 7.07. The van der Waals surface area contributed by atoms with Gasteiger partial charge in [0.15, 0.2) is 5.89 Å². The molecule has 0 fully saturated rings. The Hall–Kier alpha value is -1.85. The number of amides is 1. The van der Waals surface area contributed by atoms with E-state index in [2.05, 4.69) is 15.6 Å². The molecule has 0 aliphatic carbocycles. The van der Waals surface area contributed by atoms with Crippen molar-refractivity contribution >= 4 is 24.0 Å². The van der Waals surface area contributed by atoms with Crippen molar-refractivity contribution in [1.82, 2.24) is 10.3 Å². The van der Waals surface area contributed by atoms with Crippen LogP contribution in [-0.4, -0.2) is 17.9 Å². The van der Waals surface area contributed by atoms with Crippen LogP contribution in [0.5, 0.6) is 0 Å². The molecule has 0 saturated heterocycles. The summed E-state index contributed by atoms with van der Waals surface area (Å²) in [5.41, 5.74) is 2.39. The summed E-state index contributed by atoms with van der Waals surface area (Å²) in [7, 11) is 1.86. The first kappa shape index (κ1) is 16.2. The number of halogens is 1. The van der Waals surface area contributed by atoms with Crippen molar-refractivity contribution in [3.63, 3.8) is 0 Å². The zero-order valence-electron chi connectivity index (χ0n) is 11.7. The van der Waals surface area contributed by atoms with Crippen LogP contribution in [0.2, 0.25) is 0 Å². The van der Waals surface area contributed by atoms with Crippen molar-refractivity contribution < 1.29 is 9.21 Å². The number of anilines is 1. The number of oxazole rings is 1. The molecule has 1 aromatic heterocycles. The fourth-order valence-electron chi connectivity index (χ4n) is 1.91. The summed E-state index contributed by atoms with van der Waals surface area (Å²) in [6, 6.07) is 7.65. The van der Waals surface area contributed by atoms with E-state index in [0.717, 1.165) is 11.3 Å².